The first-order valence-electron chi connectivity index (χ1n) is 9.84. The van der Waals surface area contributed by atoms with Crippen LogP contribution >= 0.6 is 23.1 Å². The van der Waals surface area contributed by atoms with E-state index in [2.05, 4.69) is 34.7 Å². The second-order valence-corrected chi connectivity index (χ2v) is 9.71. The van der Waals surface area contributed by atoms with Crippen molar-refractivity contribution in [1.82, 2.24) is 15.5 Å². The van der Waals surface area contributed by atoms with E-state index in [0.29, 0.717) is 25.0 Å². The summed E-state index contributed by atoms with van der Waals surface area (Å²) < 4.78 is 12.3. The Morgan fingerprint density at radius 3 is 2.66 bits per heavy atom. The summed E-state index contributed by atoms with van der Waals surface area (Å²) in [6.07, 6.45) is 0.867. The van der Waals surface area contributed by atoms with E-state index < -0.39 is 0 Å². The zero-order valence-electron chi connectivity index (χ0n) is 17.2. The molecule has 1 atom stereocenters. The average molecular weight is 437 g/mol. The first-order chi connectivity index (χ1) is 13.9. The number of ether oxygens (including phenoxy) is 2. The highest BCUT2D eigenvalue weighted by Crippen LogP contribution is 2.34. The quantitative estimate of drug-likeness (QED) is 0.602. The van der Waals surface area contributed by atoms with Crippen molar-refractivity contribution in [1.29, 1.82) is 0 Å². The van der Waals surface area contributed by atoms with E-state index in [1.807, 2.05) is 32.0 Å². The summed E-state index contributed by atoms with van der Waals surface area (Å²) in [5.41, 5.74) is 1.02. The van der Waals surface area contributed by atoms with E-state index in [9.17, 15) is 4.79 Å². The molecule has 1 aromatic carbocycles. The first-order valence-corrected chi connectivity index (χ1v) is 11.6. The summed E-state index contributed by atoms with van der Waals surface area (Å²) in [5, 5.41) is 15.4. The van der Waals surface area contributed by atoms with E-state index in [-0.39, 0.29) is 17.9 Å². The molecule has 0 aliphatic carbocycles. The lowest BCUT2D eigenvalue weighted by Gasteiger charge is -2.23. The average Bonchev–Trinajstić information content (AvgIpc) is 2.97. The van der Waals surface area contributed by atoms with Gasteiger partial charge in [0.1, 0.15) is 0 Å². The van der Waals surface area contributed by atoms with Crippen LogP contribution in [0.2, 0.25) is 0 Å². The van der Waals surface area contributed by atoms with Gasteiger partial charge in [0, 0.05) is 12.5 Å². The zero-order chi connectivity index (χ0) is 20.8. The minimum absolute atomic E-state index is 0.0330. The smallest absolute Gasteiger partial charge is 0.230 e. The predicted octanol–water partition coefficient (Wildman–Crippen LogP) is 4.13. The third-order valence-electron chi connectivity index (χ3n) is 4.26. The molecular formula is C20H28N4O3S2. The van der Waals surface area contributed by atoms with E-state index in [1.165, 1.54) is 23.1 Å². The maximum Gasteiger partial charge on any atom is 0.230 e. The summed E-state index contributed by atoms with van der Waals surface area (Å²) in [4.78, 5) is 12.6. The highest BCUT2D eigenvalue weighted by atomic mass is 32.2. The maximum atomic E-state index is 12.6. The summed E-state index contributed by atoms with van der Waals surface area (Å²) in [7, 11) is 0. The number of fused-ring (bicyclic) bond motifs is 1. The second-order valence-electron chi connectivity index (χ2n) is 7.51. The third-order valence-corrected chi connectivity index (χ3v) is 6.25. The molecule has 1 aliphatic heterocycles. The van der Waals surface area contributed by atoms with Gasteiger partial charge < -0.3 is 20.1 Å². The normalized spacial score (nSPS) is 14.6. The molecule has 0 saturated heterocycles. The molecule has 3 rings (SSSR count). The standard InChI is InChI=1S/C20H28N4O3S2/c1-12(2)18(14-6-7-15-16(10-14)27-9-5-8-26-15)22-17(25)11-28-20-24-23-19(29-20)21-13(3)4/h6-7,10,12-13,18H,5,8-9,11H2,1-4H3,(H,21,23)(H,22,25). The maximum absolute atomic E-state index is 12.6. The molecule has 2 aromatic rings. The highest BCUT2D eigenvalue weighted by molar-refractivity contribution is 8.01. The Balaban J connectivity index is 1.61. The number of hydrogen-bond donors (Lipinski definition) is 2. The molecule has 1 aromatic heterocycles. The number of amides is 1. The fourth-order valence-corrected chi connectivity index (χ4v) is 4.63. The molecule has 9 heteroatoms. The Morgan fingerprint density at radius 1 is 1.17 bits per heavy atom. The van der Waals surface area contributed by atoms with Crippen LogP contribution in [0.1, 0.15) is 45.7 Å². The van der Waals surface area contributed by atoms with Crippen LogP contribution in [0.3, 0.4) is 0 Å². The lowest BCUT2D eigenvalue weighted by Crippen LogP contribution is -2.33. The number of thioether (sulfide) groups is 1. The zero-order valence-corrected chi connectivity index (χ0v) is 18.9. The number of aromatic nitrogens is 2. The molecule has 0 saturated carbocycles. The van der Waals surface area contributed by atoms with Crippen molar-refractivity contribution in [3.05, 3.63) is 23.8 Å². The molecule has 1 aliphatic rings. The highest BCUT2D eigenvalue weighted by Gasteiger charge is 2.21. The van der Waals surface area contributed by atoms with Crippen LogP contribution < -0.4 is 20.1 Å². The second kappa shape index (κ2) is 10.2. The Morgan fingerprint density at radius 2 is 1.93 bits per heavy atom. The van der Waals surface area contributed by atoms with Crippen molar-refractivity contribution in [3.8, 4) is 11.5 Å². The van der Waals surface area contributed by atoms with Gasteiger partial charge in [0.25, 0.3) is 0 Å². The van der Waals surface area contributed by atoms with Crippen molar-refractivity contribution in [3.63, 3.8) is 0 Å². The van der Waals surface area contributed by atoms with Crippen molar-refractivity contribution < 1.29 is 14.3 Å². The summed E-state index contributed by atoms with van der Waals surface area (Å²) in [6.45, 7) is 9.58. The van der Waals surface area contributed by atoms with E-state index in [4.69, 9.17) is 9.47 Å². The van der Waals surface area contributed by atoms with Crippen molar-refractivity contribution in [2.24, 2.45) is 5.92 Å². The molecule has 158 valence electrons. The minimum atomic E-state index is -0.104. The molecule has 1 amide bonds. The first kappa shape index (κ1) is 21.7. The molecule has 0 bridgehead atoms. The van der Waals surface area contributed by atoms with E-state index in [1.54, 1.807) is 0 Å². The van der Waals surface area contributed by atoms with Crippen molar-refractivity contribution in [2.45, 2.75) is 50.5 Å². The Kier molecular flexibility index (Phi) is 7.60. The molecule has 29 heavy (non-hydrogen) atoms. The SMILES string of the molecule is CC(C)Nc1nnc(SCC(=O)NC(c2ccc3c(c2)OCCCO3)C(C)C)s1. The van der Waals surface area contributed by atoms with Gasteiger partial charge in [-0.25, -0.2) is 0 Å². The number of carbonyl (C=O) groups excluding carboxylic acids is 1. The molecule has 7 nitrogen and oxygen atoms in total. The molecular weight excluding hydrogens is 408 g/mol. The predicted molar refractivity (Wildman–Crippen MR) is 117 cm³/mol. The summed E-state index contributed by atoms with van der Waals surface area (Å²) in [6, 6.07) is 6.10. The van der Waals surface area contributed by atoms with Gasteiger partial charge in [-0.2, -0.15) is 0 Å². The van der Waals surface area contributed by atoms with Gasteiger partial charge >= 0.3 is 0 Å². The van der Waals surface area contributed by atoms with Gasteiger partial charge in [-0.3, -0.25) is 4.79 Å². The van der Waals surface area contributed by atoms with Gasteiger partial charge in [0.15, 0.2) is 15.8 Å². The van der Waals surface area contributed by atoms with Crippen LogP contribution in [-0.2, 0) is 4.79 Å². The monoisotopic (exact) mass is 436 g/mol. The van der Waals surface area contributed by atoms with Gasteiger partial charge in [0.2, 0.25) is 11.0 Å². The number of nitrogens with one attached hydrogen (secondary N) is 2. The van der Waals surface area contributed by atoms with Gasteiger partial charge in [0.05, 0.1) is 25.0 Å². The number of nitrogens with zero attached hydrogens (tertiary/aromatic N) is 2. The van der Waals surface area contributed by atoms with Gasteiger partial charge in [-0.15, -0.1) is 10.2 Å². The topological polar surface area (TPSA) is 85.4 Å². The van der Waals surface area contributed by atoms with Gasteiger partial charge in [-0.05, 0) is 37.5 Å². The van der Waals surface area contributed by atoms with Gasteiger partial charge in [-0.1, -0.05) is 43.0 Å². The molecule has 1 unspecified atom stereocenters. The fourth-order valence-electron chi connectivity index (χ4n) is 2.92. The summed E-state index contributed by atoms with van der Waals surface area (Å²) in [5.74, 6) is 2.00. The van der Waals surface area contributed by atoms with Crippen LogP contribution in [0.15, 0.2) is 22.5 Å². The van der Waals surface area contributed by atoms with Crippen molar-refractivity contribution >= 4 is 34.1 Å². The fraction of sp³-hybridized carbons (Fsp3) is 0.550. The van der Waals surface area contributed by atoms with Crippen molar-refractivity contribution in [2.75, 3.05) is 24.3 Å². The molecule has 0 radical (unpaired) electrons. The summed E-state index contributed by atoms with van der Waals surface area (Å²) >= 11 is 2.86. The molecule has 2 heterocycles. The van der Waals surface area contributed by atoms with Crippen LogP contribution in [0.25, 0.3) is 0 Å². The number of hydrogen-bond acceptors (Lipinski definition) is 8. The van der Waals surface area contributed by atoms with Crippen LogP contribution in [0.4, 0.5) is 5.13 Å². The Bertz CT molecular complexity index is 826. The lowest BCUT2D eigenvalue weighted by molar-refractivity contribution is -0.119. The number of carbonyl (C=O) groups is 1. The molecule has 0 spiro atoms. The van der Waals surface area contributed by atoms with E-state index in [0.717, 1.165) is 33.0 Å². The van der Waals surface area contributed by atoms with E-state index >= 15 is 0 Å². The molecule has 0 fully saturated rings. The number of anilines is 1. The largest absolute Gasteiger partial charge is 0.490 e. The Labute approximate surface area is 180 Å². The van der Waals surface area contributed by atoms with Crippen LogP contribution in [0, 0.1) is 5.92 Å². The minimum Gasteiger partial charge on any atom is -0.490 e. The number of benzene rings is 1. The lowest BCUT2D eigenvalue weighted by atomic mass is 9.95. The number of rotatable bonds is 8. The van der Waals surface area contributed by atoms with Crippen LogP contribution in [0.5, 0.6) is 11.5 Å². The third kappa shape index (κ3) is 6.24. The Hall–Kier alpha value is -2.00. The molecule has 2 N–H and O–H groups in total. The van der Waals surface area contributed by atoms with Crippen LogP contribution in [-0.4, -0.2) is 41.1 Å².